The SMILES string of the molecule is CCOC(=O)C1(C)CC=Cc2ccc(OC)cc21. The number of benzene rings is 1. The summed E-state index contributed by atoms with van der Waals surface area (Å²) in [6.45, 7) is 4.15. The van der Waals surface area contributed by atoms with Gasteiger partial charge >= 0.3 is 5.97 Å². The van der Waals surface area contributed by atoms with Gasteiger partial charge < -0.3 is 9.47 Å². The Labute approximate surface area is 107 Å². The molecule has 0 N–H and O–H groups in total. The summed E-state index contributed by atoms with van der Waals surface area (Å²) in [7, 11) is 1.63. The molecule has 0 aliphatic heterocycles. The maximum atomic E-state index is 12.2. The van der Waals surface area contributed by atoms with E-state index in [1.165, 1.54) is 0 Å². The summed E-state index contributed by atoms with van der Waals surface area (Å²) >= 11 is 0. The van der Waals surface area contributed by atoms with Gasteiger partial charge in [-0.3, -0.25) is 4.79 Å². The van der Waals surface area contributed by atoms with Gasteiger partial charge in [-0.15, -0.1) is 0 Å². The van der Waals surface area contributed by atoms with Crippen LogP contribution in [0.4, 0.5) is 0 Å². The van der Waals surface area contributed by atoms with Gasteiger partial charge in [-0.05, 0) is 43.5 Å². The molecule has 0 heterocycles. The number of carbonyl (C=O) groups excluding carboxylic acids is 1. The number of carbonyl (C=O) groups is 1. The Morgan fingerprint density at radius 3 is 2.89 bits per heavy atom. The molecule has 18 heavy (non-hydrogen) atoms. The van der Waals surface area contributed by atoms with Crippen molar-refractivity contribution < 1.29 is 14.3 Å². The van der Waals surface area contributed by atoms with E-state index in [9.17, 15) is 4.79 Å². The fourth-order valence-corrected chi connectivity index (χ4v) is 2.30. The first-order chi connectivity index (χ1) is 8.61. The molecule has 1 aromatic carbocycles. The molecule has 0 fully saturated rings. The highest BCUT2D eigenvalue weighted by molar-refractivity contribution is 5.86. The molecule has 1 unspecified atom stereocenters. The van der Waals surface area contributed by atoms with Crippen LogP contribution in [0.3, 0.4) is 0 Å². The van der Waals surface area contributed by atoms with Gasteiger partial charge in [0, 0.05) is 0 Å². The van der Waals surface area contributed by atoms with Crippen LogP contribution >= 0.6 is 0 Å². The predicted molar refractivity (Wildman–Crippen MR) is 70.6 cm³/mol. The van der Waals surface area contributed by atoms with E-state index in [1.54, 1.807) is 7.11 Å². The van der Waals surface area contributed by atoms with Crippen molar-refractivity contribution in [2.45, 2.75) is 25.7 Å². The van der Waals surface area contributed by atoms with E-state index in [4.69, 9.17) is 9.47 Å². The summed E-state index contributed by atoms with van der Waals surface area (Å²) < 4.78 is 10.4. The van der Waals surface area contributed by atoms with Gasteiger partial charge in [-0.25, -0.2) is 0 Å². The zero-order valence-corrected chi connectivity index (χ0v) is 11.0. The number of fused-ring (bicyclic) bond motifs is 1. The van der Waals surface area contributed by atoms with E-state index in [0.717, 1.165) is 16.9 Å². The fraction of sp³-hybridized carbons (Fsp3) is 0.400. The molecule has 0 bridgehead atoms. The fourth-order valence-electron chi connectivity index (χ4n) is 2.30. The third kappa shape index (κ3) is 2.01. The average Bonchev–Trinajstić information content (AvgIpc) is 2.39. The van der Waals surface area contributed by atoms with Crippen LogP contribution in [0.5, 0.6) is 5.75 Å². The Morgan fingerprint density at radius 1 is 1.44 bits per heavy atom. The minimum Gasteiger partial charge on any atom is -0.497 e. The van der Waals surface area contributed by atoms with Crippen molar-refractivity contribution in [3.05, 3.63) is 35.4 Å². The number of allylic oxidation sites excluding steroid dienone is 1. The second-order valence-corrected chi connectivity index (χ2v) is 4.61. The van der Waals surface area contributed by atoms with E-state index < -0.39 is 5.41 Å². The minimum absolute atomic E-state index is 0.177. The molecule has 2 rings (SSSR count). The highest BCUT2D eigenvalue weighted by atomic mass is 16.5. The zero-order valence-electron chi connectivity index (χ0n) is 11.0. The molecule has 0 saturated heterocycles. The monoisotopic (exact) mass is 246 g/mol. The van der Waals surface area contributed by atoms with Crippen molar-refractivity contribution in [2.75, 3.05) is 13.7 Å². The molecule has 1 aliphatic carbocycles. The summed E-state index contributed by atoms with van der Waals surface area (Å²) in [5.41, 5.74) is 1.41. The number of hydrogen-bond acceptors (Lipinski definition) is 3. The van der Waals surface area contributed by atoms with Crippen LogP contribution in [0.15, 0.2) is 24.3 Å². The van der Waals surface area contributed by atoms with E-state index in [2.05, 4.69) is 0 Å². The highest BCUT2D eigenvalue weighted by Crippen LogP contribution is 2.38. The van der Waals surface area contributed by atoms with Crippen LogP contribution in [0.25, 0.3) is 6.08 Å². The second kappa shape index (κ2) is 4.84. The Bertz CT molecular complexity index is 491. The number of ether oxygens (including phenoxy) is 2. The third-order valence-corrected chi connectivity index (χ3v) is 3.40. The van der Waals surface area contributed by atoms with Crippen LogP contribution in [0.2, 0.25) is 0 Å². The molecule has 0 radical (unpaired) electrons. The first kappa shape index (κ1) is 12.7. The Balaban J connectivity index is 2.48. The molecule has 3 heteroatoms. The molecule has 0 saturated carbocycles. The summed E-state index contributed by atoms with van der Waals surface area (Å²) in [5, 5.41) is 0. The lowest BCUT2D eigenvalue weighted by Crippen LogP contribution is -2.36. The van der Waals surface area contributed by atoms with Crippen LogP contribution in [0.1, 0.15) is 31.4 Å². The molecule has 0 aromatic heterocycles. The van der Waals surface area contributed by atoms with Gasteiger partial charge in [0.1, 0.15) is 5.75 Å². The zero-order chi connectivity index (χ0) is 13.2. The normalized spacial score (nSPS) is 21.3. The Hall–Kier alpha value is -1.77. The highest BCUT2D eigenvalue weighted by Gasteiger charge is 2.39. The molecule has 1 aromatic rings. The summed E-state index contributed by atoms with van der Waals surface area (Å²) in [6.07, 6.45) is 4.72. The van der Waals surface area contributed by atoms with Crippen LogP contribution in [0, 0.1) is 0 Å². The third-order valence-electron chi connectivity index (χ3n) is 3.40. The first-order valence-corrected chi connectivity index (χ1v) is 6.14. The van der Waals surface area contributed by atoms with Crippen molar-refractivity contribution in [1.82, 2.24) is 0 Å². The van der Waals surface area contributed by atoms with Crippen LogP contribution < -0.4 is 4.74 Å². The van der Waals surface area contributed by atoms with Crippen LogP contribution in [-0.2, 0) is 14.9 Å². The van der Waals surface area contributed by atoms with Gasteiger partial charge in [-0.1, -0.05) is 18.2 Å². The largest absolute Gasteiger partial charge is 0.497 e. The number of esters is 1. The average molecular weight is 246 g/mol. The maximum Gasteiger partial charge on any atom is 0.316 e. The lowest BCUT2D eigenvalue weighted by Gasteiger charge is -2.31. The molecule has 0 spiro atoms. The second-order valence-electron chi connectivity index (χ2n) is 4.61. The van der Waals surface area contributed by atoms with E-state index >= 15 is 0 Å². The van der Waals surface area contributed by atoms with Crippen molar-refractivity contribution in [3.8, 4) is 5.75 Å². The van der Waals surface area contributed by atoms with Gasteiger partial charge in [0.05, 0.1) is 19.1 Å². The Morgan fingerprint density at radius 2 is 2.22 bits per heavy atom. The van der Waals surface area contributed by atoms with E-state index in [0.29, 0.717) is 13.0 Å². The smallest absolute Gasteiger partial charge is 0.316 e. The van der Waals surface area contributed by atoms with Gasteiger partial charge in [0.25, 0.3) is 0 Å². The standard InChI is InChI=1S/C15H18O3/c1-4-18-14(16)15(2)9-5-6-11-7-8-12(17-3)10-13(11)15/h5-8,10H,4,9H2,1-3H3. The molecule has 0 amide bonds. The summed E-state index contributed by atoms with van der Waals surface area (Å²) in [4.78, 5) is 12.2. The summed E-state index contributed by atoms with van der Waals surface area (Å²) in [5.74, 6) is 0.587. The van der Waals surface area contributed by atoms with Gasteiger partial charge in [-0.2, -0.15) is 0 Å². The minimum atomic E-state index is -0.616. The lowest BCUT2D eigenvalue weighted by atomic mass is 9.74. The van der Waals surface area contributed by atoms with E-state index in [1.807, 2.05) is 44.2 Å². The van der Waals surface area contributed by atoms with Crippen molar-refractivity contribution >= 4 is 12.0 Å². The molecule has 1 aliphatic rings. The number of rotatable bonds is 3. The first-order valence-electron chi connectivity index (χ1n) is 6.14. The summed E-state index contributed by atoms with van der Waals surface area (Å²) in [6, 6.07) is 5.80. The molecule has 1 atom stereocenters. The number of methoxy groups -OCH3 is 1. The van der Waals surface area contributed by atoms with Crippen molar-refractivity contribution in [1.29, 1.82) is 0 Å². The molecule has 3 nitrogen and oxygen atoms in total. The molecule has 96 valence electrons. The maximum absolute atomic E-state index is 12.2. The Kier molecular flexibility index (Phi) is 3.41. The van der Waals surface area contributed by atoms with Gasteiger partial charge in [0.2, 0.25) is 0 Å². The van der Waals surface area contributed by atoms with Gasteiger partial charge in [0.15, 0.2) is 0 Å². The quantitative estimate of drug-likeness (QED) is 0.769. The topological polar surface area (TPSA) is 35.5 Å². The van der Waals surface area contributed by atoms with E-state index in [-0.39, 0.29) is 5.97 Å². The molecular formula is C15H18O3. The lowest BCUT2D eigenvalue weighted by molar-refractivity contribution is -0.149. The molecular weight excluding hydrogens is 228 g/mol. The van der Waals surface area contributed by atoms with Crippen molar-refractivity contribution in [2.24, 2.45) is 0 Å². The predicted octanol–water partition coefficient (Wildman–Crippen LogP) is 2.93. The number of hydrogen-bond donors (Lipinski definition) is 0. The van der Waals surface area contributed by atoms with Crippen molar-refractivity contribution in [3.63, 3.8) is 0 Å². The van der Waals surface area contributed by atoms with Crippen LogP contribution in [-0.4, -0.2) is 19.7 Å².